The molecule has 0 radical (unpaired) electrons. The van der Waals surface area contributed by atoms with E-state index in [1.54, 1.807) is 19.5 Å². The number of hydrogen-bond acceptors (Lipinski definition) is 6. The van der Waals surface area contributed by atoms with Crippen LogP contribution in [0.5, 0.6) is 5.75 Å². The molecule has 8 nitrogen and oxygen atoms in total. The molecule has 0 spiro atoms. The summed E-state index contributed by atoms with van der Waals surface area (Å²) in [7, 11) is 1.60. The highest BCUT2D eigenvalue weighted by Crippen LogP contribution is 2.36. The number of nitrogens with zero attached hydrogens (tertiary/aromatic N) is 5. The van der Waals surface area contributed by atoms with E-state index in [4.69, 9.17) is 21.4 Å². The molecule has 202 valence electrons. The van der Waals surface area contributed by atoms with Gasteiger partial charge < -0.3 is 19.9 Å². The number of amides is 1. The average Bonchev–Trinajstić information content (AvgIpc) is 3.43. The molecule has 9 heteroatoms. The third-order valence-corrected chi connectivity index (χ3v) is 7.40. The molecule has 39 heavy (non-hydrogen) atoms. The first-order valence-corrected chi connectivity index (χ1v) is 13.6. The lowest BCUT2D eigenvalue weighted by atomic mass is 10.0. The number of anilines is 1. The predicted octanol–water partition coefficient (Wildman–Crippen LogP) is 5.23. The molecule has 3 heterocycles. The smallest absolute Gasteiger partial charge is 0.225 e. The van der Waals surface area contributed by atoms with Crippen molar-refractivity contribution >= 4 is 23.2 Å². The standard InChI is InChI=1S/C30H33ClN6O2/c1-3-35-15-17-36(18-16-35)14-11-29(38)33-24-5-4-6-25(20-24)37-21-26(22-9-12-32-13-10-22)30(34-37)23-7-8-27(31)28(19-23)39-2/h4-10,12-13,19-21H,3,11,14-18H2,1-2H3,(H,33,38). The number of halogens is 1. The van der Waals surface area contributed by atoms with E-state index in [0.717, 1.165) is 73.0 Å². The number of carbonyl (C=O) groups is 1. The molecule has 1 fully saturated rings. The molecule has 1 N–H and O–H groups in total. The maximum Gasteiger partial charge on any atom is 0.225 e. The van der Waals surface area contributed by atoms with Crippen LogP contribution in [0.1, 0.15) is 13.3 Å². The number of rotatable bonds is 9. The zero-order chi connectivity index (χ0) is 27.2. The fraction of sp³-hybridized carbons (Fsp3) is 0.300. The molecule has 1 aliphatic rings. The Bertz CT molecular complexity index is 1420. The Hall–Kier alpha value is -3.72. The summed E-state index contributed by atoms with van der Waals surface area (Å²) in [6.45, 7) is 8.20. The number of pyridine rings is 1. The van der Waals surface area contributed by atoms with Gasteiger partial charge in [-0.2, -0.15) is 5.10 Å². The van der Waals surface area contributed by atoms with Crippen molar-refractivity contribution in [3.8, 4) is 33.8 Å². The van der Waals surface area contributed by atoms with Crippen LogP contribution in [0, 0.1) is 0 Å². The number of ether oxygens (including phenoxy) is 1. The van der Waals surface area contributed by atoms with Gasteiger partial charge in [-0.3, -0.25) is 9.78 Å². The minimum Gasteiger partial charge on any atom is -0.495 e. The lowest BCUT2D eigenvalue weighted by molar-refractivity contribution is -0.116. The fourth-order valence-corrected chi connectivity index (χ4v) is 5.00. The van der Waals surface area contributed by atoms with Crippen molar-refractivity contribution in [3.63, 3.8) is 0 Å². The van der Waals surface area contributed by atoms with Gasteiger partial charge in [-0.05, 0) is 54.6 Å². The molecular formula is C30H33ClN6O2. The van der Waals surface area contributed by atoms with Crippen molar-refractivity contribution in [2.75, 3.05) is 51.7 Å². The number of likely N-dealkylation sites (N-methyl/N-ethyl adjacent to an activating group) is 1. The summed E-state index contributed by atoms with van der Waals surface area (Å²) in [5.74, 6) is 0.596. The minimum atomic E-state index is 0.0111. The van der Waals surface area contributed by atoms with Crippen LogP contribution in [0.15, 0.2) is 73.2 Å². The number of benzene rings is 2. The maximum atomic E-state index is 12.7. The van der Waals surface area contributed by atoms with E-state index in [-0.39, 0.29) is 5.91 Å². The summed E-state index contributed by atoms with van der Waals surface area (Å²) in [4.78, 5) is 21.7. The molecular weight excluding hydrogens is 512 g/mol. The van der Waals surface area contributed by atoms with Crippen LogP contribution in [0.3, 0.4) is 0 Å². The molecule has 2 aromatic heterocycles. The van der Waals surface area contributed by atoms with Gasteiger partial charge in [0.2, 0.25) is 5.91 Å². The molecule has 4 aromatic rings. The minimum absolute atomic E-state index is 0.0111. The van der Waals surface area contributed by atoms with Crippen molar-refractivity contribution in [2.45, 2.75) is 13.3 Å². The predicted molar refractivity (Wildman–Crippen MR) is 156 cm³/mol. The topological polar surface area (TPSA) is 75.5 Å². The summed E-state index contributed by atoms with van der Waals surface area (Å²) in [5.41, 5.74) is 5.18. The third-order valence-electron chi connectivity index (χ3n) is 7.09. The molecule has 5 rings (SSSR count). The number of aromatic nitrogens is 3. The van der Waals surface area contributed by atoms with Gasteiger partial charge in [0.15, 0.2) is 0 Å². The quantitative estimate of drug-likeness (QED) is 0.311. The number of hydrogen-bond donors (Lipinski definition) is 1. The van der Waals surface area contributed by atoms with E-state index >= 15 is 0 Å². The van der Waals surface area contributed by atoms with E-state index in [9.17, 15) is 4.79 Å². The summed E-state index contributed by atoms with van der Waals surface area (Å²) >= 11 is 6.28. The Kier molecular flexibility index (Phi) is 8.56. The number of methoxy groups -OCH3 is 1. The Morgan fingerprint density at radius 2 is 1.77 bits per heavy atom. The van der Waals surface area contributed by atoms with Crippen molar-refractivity contribution in [2.24, 2.45) is 0 Å². The molecule has 1 amide bonds. The van der Waals surface area contributed by atoms with Gasteiger partial charge in [-0.25, -0.2) is 4.68 Å². The van der Waals surface area contributed by atoms with Crippen LogP contribution in [0.4, 0.5) is 5.69 Å². The highest BCUT2D eigenvalue weighted by molar-refractivity contribution is 6.32. The zero-order valence-corrected chi connectivity index (χ0v) is 23.1. The van der Waals surface area contributed by atoms with Crippen LogP contribution < -0.4 is 10.1 Å². The molecule has 2 aromatic carbocycles. The molecule has 0 aliphatic carbocycles. The number of nitrogens with one attached hydrogen (secondary N) is 1. The van der Waals surface area contributed by atoms with E-state index in [2.05, 4.69) is 27.0 Å². The lowest BCUT2D eigenvalue weighted by Crippen LogP contribution is -2.46. The Labute approximate surface area is 234 Å². The summed E-state index contributed by atoms with van der Waals surface area (Å²) in [6.07, 6.45) is 5.98. The van der Waals surface area contributed by atoms with Crippen molar-refractivity contribution < 1.29 is 9.53 Å². The molecule has 0 bridgehead atoms. The lowest BCUT2D eigenvalue weighted by Gasteiger charge is -2.33. The first-order chi connectivity index (χ1) is 19.0. The number of piperazine rings is 1. The molecule has 0 saturated carbocycles. The van der Waals surface area contributed by atoms with Gasteiger partial charge >= 0.3 is 0 Å². The van der Waals surface area contributed by atoms with Gasteiger partial charge in [0, 0.05) is 74.5 Å². The Morgan fingerprint density at radius 1 is 1.00 bits per heavy atom. The van der Waals surface area contributed by atoms with Crippen LogP contribution >= 0.6 is 11.6 Å². The monoisotopic (exact) mass is 544 g/mol. The van der Waals surface area contributed by atoms with Crippen molar-refractivity contribution in [1.82, 2.24) is 24.6 Å². The first-order valence-electron chi connectivity index (χ1n) is 13.2. The normalized spacial score (nSPS) is 14.3. The second kappa shape index (κ2) is 12.4. The van der Waals surface area contributed by atoms with E-state index < -0.39 is 0 Å². The van der Waals surface area contributed by atoms with Crippen LogP contribution in [0.25, 0.3) is 28.1 Å². The van der Waals surface area contributed by atoms with E-state index in [0.29, 0.717) is 17.2 Å². The van der Waals surface area contributed by atoms with Crippen molar-refractivity contribution in [3.05, 3.63) is 78.2 Å². The average molecular weight is 545 g/mol. The number of carbonyl (C=O) groups excluding carboxylic acids is 1. The van der Waals surface area contributed by atoms with E-state index in [1.807, 2.05) is 65.5 Å². The van der Waals surface area contributed by atoms with Crippen LogP contribution in [-0.4, -0.2) is 76.8 Å². The van der Waals surface area contributed by atoms with Gasteiger partial charge in [0.1, 0.15) is 11.4 Å². The van der Waals surface area contributed by atoms with E-state index in [1.165, 1.54) is 0 Å². The zero-order valence-electron chi connectivity index (χ0n) is 22.3. The second-order valence-corrected chi connectivity index (χ2v) is 9.95. The molecule has 0 unspecified atom stereocenters. The molecule has 1 saturated heterocycles. The summed E-state index contributed by atoms with van der Waals surface area (Å²) < 4.78 is 7.27. The van der Waals surface area contributed by atoms with Crippen molar-refractivity contribution in [1.29, 1.82) is 0 Å². The maximum absolute atomic E-state index is 12.7. The third kappa shape index (κ3) is 6.47. The first kappa shape index (κ1) is 26.9. The van der Waals surface area contributed by atoms with Gasteiger partial charge in [-0.15, -0.1) is 0 Å². The summed E-state index contributed by atoms with van der Waals surface area (Å²) in [6, 6.07) is 17.3. The molecule has 1 aliphatic heterocycles. The Morgan fingerprint density at radius 3 is 2.51 bits per heavy atom. The van der Waals surface area contributed by atoms with Gasteiger partial charge in [0.25, 0.3) is 0 Å². The van der Waals surface area contributed by atoms with Crippen LogP contribution in [0.2, 0.25) is 5.02 Å². The Balaban J connectivity index is 1.35. The van der Waals surface area contributed by atoms with Crippen LogP contribution in [-0.2, 0) is 4.79 Å². The summed E-state index contributed by atoms with van der Waals surface area (Å²) in [5, 5.41) is 8.54. The fourth-order valence-electron chi connectivity index (χ4n) is 4.81. The van der Waals surface area contributed by atoms with Gasteiger partial charge in [-0.1, -0.05) is 30.7 Å². The van der Waals surface area contributed by atoms with Gasteiger partial charge in [0.05, 0.1) is 17.8 Å². The second-order valence-electron chi connectivity index (χ2n) is 9.55. The largest absolute Gasteiger partial charge is 0.495 e. The highest BCUT2D eigenvalue weighted by atomic mass is 35.5. The highest BCUT2D eigenvalue weighted by Gasteiger charge is 2.18. The SMILES string of the molecule is CCN1CCN(CCC(=O)Nc2cccc(-n3cc(-c4ccncc4)c(-c4ccc(Cl)c(OC)c4)n3)c2)CC1. The molecule has 0 atom stereocenters.